The molecule has 0 spiro atoms. The SMILES string of the molecule is CC(C)Cc1ccc(-c2ccc(COc3ccc(O)cc3[P+](O)(c3ccccc3)c3ccccc3)cc2)cc1. The highest BCUT2D eigenvalue weighted by molar-refractivity contribution is 7.91. The minimum atomic E-state index is -3.06. The first-order chi connectivity index (χ1) is 18.9. The Kier molecular flexibility index (Phi) is 8.12. The van der Waals surface area contributed by atoms with Crippen LogP contribution >= 0.6 is 7.49 Å². The first-order valence-corrected chi connectivity index (χ1v) is 15.1. The van der Waals surface area contributed by atoms with Crippen LogP contribution in [0.2, 0.25) is 0 Å². The maximum absolute atomic E-state index is 12.4. The number of phenols is 1. The van der Waals surface area contributed by atoms with Crippen LogP contribution in [0.5, 0.6) is 11.5 Å². The van der Waals surface area contributed by atoms with Gasteiger partial charge in [-0.3, -0.25) is 0 Å². The largest absolute Gasteiger partial charge is 0.508 e. The highest BCUT2D eigenvalue weighted by Crippen LogP contribution is 2.53. The van der Waals surface area contributed by atoms with E-state index in [1.54, 1.807) is 18.2 Å². The fraction of sp³-hybridized carbons (Fsp3) is 0.143. The summed E-state index contributed by atoms with van der Waals surface area (Å²) < 4.78 is 6.32. The second-order valence-corrected chi connectivity index (χ2v) is 13.0. The number of phenolic OH excluding ortho intramolecular Hbond substituents is 1. The summed E-state index contributed by atoms with van der Waals surface area (Å²) in [6.07, 6.45) is 1.09. The third kappa shape index (κ3) is 6.06. The van der Waals surface area contributed by atoms with Crippen LogP contribution in [0.1, 0.15) is 25.0 Å². The molecule has 0 radical (unpaired) electrons. The Balaban J connectivity index is 1.41. The molecule has 0 unspecified atom stereocenters. The molecule has 0 bridgehead atoms. The van der Waals surface area contributed by atoms with Gasteiger partial charge in [0.2, 0.25) is 7.49 Å². The summed E-state index contributed by atoms with van der Waals surface area (Å²) >= 11 is 0. The fourth-order valence-electron chi connectivity index (χ4n) is 4.85. The number of rotatable bonds is 9. The van der Waals surface area contributed by atoms with Crippen LogP contribution in [0.15, 0.2) is 127 Å². The monoisotopic (exact) mass is 533 g/mol. The first-order valence-electron chi connectivity index (χ1n) is 13.3. The summed E-state index contributed by atoms with van der Waals surface area (Å²) in [6.45, 7) is 4.82. The van der Waals surface area contributed by atoms with Crippen LogP contribution in [-0.4, -0.2) is 10.00 Å². The zero-order valence-electron chi connectivity index (χ0n) is 22.4. The van der Waals surface area contributed by atoms with Crippen LogP contribution in [-0.2, 0) is 13.0 Å². The van der Waals surface area contributed by atoms with Crippen LogP contribution in [0.4, 0.5) is 0 Å². The molecule has 4 heteroatoms. The standard InChI is InChI=1S/C35H33O3P/c1-26(2)23-27-13-17-29(18-14-27)30-19-15-28(16-20-30)25-38-34-22-21-31(36)24-35(34)39(37,32-9-5-3-6-10-32)33-11-7-4-8-12-33/h3-22,24,26,37H,23,25H2,1-2H3/p+1. The molecule has 196 valence electrons. The predicted octanol–water partition coefficient (Wildman–Crippen LogP) is 7.04. The van der Waals surface area contributed by atoms with E-state index < -0.39 is 7.49 Å². The quantitative estimate of drug-likeness (QED) is 0.200. The first kappa shape index (κ1) is 26.7. The maximum atomic E-state index is 12.4. The van der Waals surface area contributed by atoms with Gasteiger partial charge in [-0.05, 0) is 71.0 Å². The van der Waals surface area contributed by atoms with Gasteiger partial charge in [-0.1, -0.05) is 98.8 Å². The second kappa shape index (κ2) is 11.9. The lowest BCUT2D eigenvalue weighted by Crippen LogP contribution is -2.31. The van der Waals surface area contributed by atoms with Gasteiger partial charge in [-0.15, -0.1) is 0 Å². The van der Waals surface area contributed by atoms with Crippen LogP contribution < -0.4 is 20.7 Å². The lowest BCUT2D eigenvalue weighted by molar-refractivity contribution is 0.308. The molecule has 5 rings (SSSR count). The molecule has 5 aromatic rings. The third-order valence-electron chi connectivity index (χ3n) is 6.83. The molecule has 0 aliphatic heterocycles. The van der Waals surface area contributed by atoms with Gasteiger partial charge < -0.3 is 9.84 Å². The van der Waals surface area contributed by atoms with Crippen molar-refractivity contribution in [2.24, 2.45) is 5.92 Å². The molecule has 0 aliphatic carbocycles. The van der Waals surface area contributed by atoms with Gasteiger partial charge >= 0.3 is 0 Å². The van der Waals surface area contributed by atoms with Crippen molar-refractivity contribution in [3.05, 3.63) is 139 Å². The zero-order valence-corrected chi connectivity index (χ0v) is 23.3. The number of benzene rings is 5. The van der Waals surface area contributed by atoms with Crippen LogP contribution in [0.3, 0.4) is 0 Å². The van der Waals surface area contributed by atoms with E-state index in [2.05, 4.69) is 62.4 Å². The van der Waals surface area contributed by atoms with E-state index in [0.717, 1.165) is 28.2 Å². The highest BCUT2D eigenvalue weighted by atomic mass is 31.2. The molecule has 3 nitrogen and oxygen atoms in total. The Bertz CT molecular complexity index is 1460. The van der Waals surface area contributed by atoms with Crippen molar-refractivity contribution < 1.29 is 14.7 Å². The minimum Gasteiger partial charge on any atom is -0.508 e. The Morgan fingerprint density at radius 3 is 1.67 bits per heavy atom. The summed E-state index contributed by atoms with van der Waals surface area (Å²) in [4.78, 5) is 12.4. The lowest BCUT2D eigenvalue weighted by Gasteiger charge is -2.22. The molecule has 0 saturated carbocycles. The number of aromatic hydroxyl groups is 1. The Morgan fingerprint density at radius 2 is 1.15 bits per heavy atom. The topological polar surface area (TPSA) is 49.7 Å². The van der Waals surface area contributed by atoms with Gasteiger partial charge in [0.05, 0.1) is 0 Å². The smallest absolute Gasteiger partial charge is 0.242 e. The van der Waals surface area contributed by atoms with Crippen molar-refractivity contribution in [2.75, 3.05) is 0 Å². The van der Waals surface area contributed by atoms with E-state index in [4.69, 9.17) is 4.74 Å². The normalized spacial score (nSPS) is 11.5. The van der Waals surface area contributed by atoms with E-state index >= 15 is 0 Å². The van der Waals surface area contributed by atoms with Gasteiger partial charge in [0.25, 0.3) is 0 Å². The molecular weight excluding hydrogens is 499 g/mol. The molecule has 39 heavy (non-hydrogen) atoms. The van der Waals surface area contributed by atoms with Gasteiger partial charge in [0.15, 0.2) is 11.1 Å². The van der Waals surface area contributed by atoms with Crippen molar-refractivity contribution in [1.82, 2.24) is 0 Å². The zero-order chi connectivity index (χ0) is 27.2. The molecule has 0 amide bonds. The lowest BCUT2D eigenvalue weighted by atomic mass is 9.99. The van der Waals surface area contributed by atoms with Crippen molar-refractivity contribution in [2.45, 2.75) is 26.9 Å². The molecule has 0 aliphatic rings. The molecule has 5 aromatic carbocycles. The van der Waals surface area contributed by atoms with Gasteiger partial charge in [0.1, 0.15) is 23.0 Å². The summed E-state index contributed by atoms with van der Waals surface area (Å²) in [6, 6.07) is 41.4. The van der Waals surface area contributed by atoms with Gasteiger partial charge in [-0.2, -0.15) is 0 Å². The van der Waals surface area contributed by atoms with Crippen molar-refractivity contribution in [3.8, 4) is 22.6 Å². The van der Waals surface area contributed by atoms with Crippen LogP contribution in [0, 0.1) is 5.92 Å². The summed E-state index contributed by atoms with van der Waals surface area (Å²) in [7, 11) is -3.06. The number of hydrogen-bond donors (Lipinski definition) is 2. The number of hydrogen-bond acceptors (Lipinski definition) is 3. The van der Waals surface area contributed by atoms with E-state index in [9.17, 15) is 10.00 Å². The molecule has 0 aromatic heterocycles. The highest BCUT2D eigenvalue weighted by Gasteiger charge is 2.47. The maximum Gasteiger partial charge on any atom is 0.242 e. The Labute approximate surface area is 231 Å². The van der Waals surface area contributed by atoms with Crippen LogP contribution in [0.25, 0.3) is 11.1 Å². The molecule has 0 heterocycles. The van der Waals surface area contributed by atoms with E-state index in [1.165, 1.54) is 11.1 Å². The second-order valence-electron chi connectivity index (χ2n) is 10.2. The predicted molar refractivity (Wildman–Crippen MR) is 164 cm³/mol. The van der Waals surface area contributed by atoms with Crippen molar-refractivity contribution in [3.63, 3.8) is 0 Å². The number of ether oxygens (including phenoxy) is 1. The van der Waals surface area contributed by atoms with Crippen molar-refractivity contribution in [1.29, 1.82) is 0 Å². The molecule has 2 N–H and O–H groups in total. The van der Waals surface area contributed by atoms with Gasteiger partial charge in [-0.25, -0.2) is 4.89 Å². The minimum absolute atomic E-state index is 0.0893. The van der Waals surface area contributed by atoms with E-state index in [-0.39, 0.29) is 5.75 Å². The summed E-state index contributed by atoms with van der Waals surface area (Å²) in [5.74, 6) is 1.29. The average Bonchev–Trinajstić information content (AvgIpc) is 2.97. The Hall–Kier alpha value is -3.91. The third-order valence-corrected chi connectivity index (χ3v) is 9.97. The fourth-order valence-corrected chi connectivity index (χ4v) is 7.69. The summed E-state index contributed by atoms with van der Waals surface area (Å²) in [5.41, 5.74) is 4.73. The Morgan fingerprint density at radius 1 is 0.641 bits per heavy atom. The molecular formula is C35H34O3P+. The van der Waals surface area contributed by atoms with E-state index in [0.29, 0.717) is 23.6 Å². The summed E-state index contributed by atoms with van der Waals surface area (Å²) in [5, 5.41) is 12.6. The van der Waals surface area contributed by atoms with Crippen molar-refractivity contribution >= 4 is 23.4 Å². The molecule has 0 atom stereocenters. The average molecular weight is 534 g/mol. The molecule has 0 fully saturated rings. The molecule has 0 saturated heterocycles. The van der Waals surface area contributed by atoms with Gasteiger partial charge in [0, 0.05) is 6.07 Å². The van der Waals surface area contributed by atoms with E-state index in [1.807, 2.05) is 60.7 Å².